The number of thioether (sulfide) groups is 1. The van der Waals surface area contributed by atoms with Crippen LogP contribution in [0.4, 0.5) is 13.2 Å². The van der Waals surface area contributed by atoms with Gasteiger partial charge in [0.1, 0.15) is 24.2 Å². The Kier molecular flexibility index (Phi) is 14.9. The lowest BCUT2D eigenvalue weighted by atomic mass is 10.0. The summed E-state index contributed by atoms with van der Waals surface area (Å²) >= 11 is 6.93. The molecule has 4 atom stereocenters. The summed E-state index contributed by atoms with van der Waals surface area (Å²) in [6.07, 6.45) is -3.84. The van der Waals surface area contributed by atoms with Gasteiger partial charge in [-0.2, -0.15) is 29.7 Å². The lowest BCUT2D eigenvalue weighted by Crippen LogP contribution is -2.56. The first-order valence-electron chi connectivity index (χ1n) is 13.0. The van der Waals surface area contributed by atoms with Gasteiger partial charge < -0.3 is 26.8 Å². The van der Waals surface area contributed by atoms with E-state index in [1.165, 1.54) is 18.7 Å². The topological polar surface area (TPSA) is 214 Å². The van der Waals surface area contributed by atoms with Crippen LogP contribution in [0.3, 0.4) is 0 Å². The fraction of sp³-hybridized carbons (Fsp3) is 0.560. The van der Waals surface area contributed by atoms with E-state index in [1.54, 1.807) is 24.8 Å². The highest BCUT2D eigenvalue weighted by molar-refractivity contribution is 7.98. The third-order valence-electron chi connectivity index (χ3n) is 5.92. The van der Waals surface area contributed by atoms with Crippen LogP contribution in [0.15, 0.2) is 23.1 Å². The molecule has 0 aromatic heterocycles. The Labute approximate surface area is 261 Å². The van der Waals surface area contributed by atoms with Crippen molar-refractivity contribution in [3.8, 4) is 0 Å². The zero-order valence-electron chi connectivity index (χ0n) is 24.2. The van der Waals surface area contributed by atoms with E-state index in [2.05, 4.69) is 16.0 Å². The molecule has 248 valence electrons. The molecule has 0 fully saturated rings. The summed E-state index contributed by atoms with van der Waals surface area (Å²) in [5.41, 5.74) is 3.89. The van der Waals surface area contributed by atoms with E-state index in [0.717, 1.165) is 6.07 Å². The average molecular weight is 690 g/mol. The van der Waals surface area contributed by atoms with Crippen molar-refractivity contribution in [1.29, 1.82) is 0 Å². The van der Waals surface area contributed by atoms with Gasteiger partial charge in [-0.05, 0) is 55.9 Å². The zero-order valence-corrected chi connectivity index (χ0v) is 26.5. The van der Waals surface area contributed by atoms with E-state index in [0.29, 0.717) is 11.8 Å². The zero-order chi connectivity index (χ0) is 34.0. The van der Waals surface area contributed by atoms with Gasteiger partial charge in [-0.25, -0.2) is 8.42 Å². The average Bonchev–Trinajstić information content (AvgIpc) is 2.88. The van der Waals surface area contributed by atoms with Gasteiger partial charge in [-0.1, -0.05) is 25.4 Å². The second-order valence-corrected chi connectivity index (χ2v) is 13.2. The van der Waals surface area contributed by atoms with Crippen molar-refractivity contribution >= 4 is 63.0 Å². The van der Waals surface area contributed by atoms with Gasteiger partial charge >= 0.3 is 12.1 Å². The Morgan fingerprint density at radius 1 is 1.00 bits per heavy atom. The van der Waals surface area contributed by atoms with Crippen LogP contribution in [0, 0.1) is 5.92 Å². The molecule has 1 aromatic rings. The standard InChI is InChI=1S/C25H35ClF3N5O8S2/c1-12(2)9-18(23(38)32-17(21(30)36)7-8-43-4)33-22(37)13(3)31-20(35)11-19(24(39)40)34-44(41,42)14-5-6-16(26)15(10-14)25(27,28)29/h5-6,10,12-13,17-19,34H,7-9,11H2,1-4H3,(H2,30,36)(H,31,35)(H,32,38)(H,33,37)(H,39,40)/t13-,17-,18-,19-/m0/s1. The Balaban J connectivity index is 2.97. The van der Waals surface area contributed by atoms with Gasteiger partial charge in [0.05, 0.1) is 21.9 Å². The van der Waals surface area contributed by atoms with Crippen LogP contribution in [-0.4, -0.2) is 79.3 Å². The number of sulfonamides is 1. The summed E-state index contributed by atoms with van der Waals surface area (Å²) < 4.78 is 66.5. The van der Waals surface area contributed by atoms with Crippen LogP contribution < -0.4 is 26.4 Å². The number of aliphatic carboxylic acids is 1. The Bertz CT molecular complexity index is 1330. The smallest absolute Gasteiger partial charge is 0.417 e. The maximum absolute atomic E-state index is 13.2. The highest BCUT2D eigenvalue weighted by atomic mass is 35.5. The fourth-order valence-corrected chi connectivity index (χ4v) is 5.58. The van der Waals surface area contributed by atoms with Gasteiger partial charge in [-0.15, -0.1) is 0 Å². The molecule has 1 aromatic carbocycles. The highest BCUT2D eigenvalue weighted by Gasteiger charge is 2.36. The highest BCUT2D eigenvalue weighted by Crippen LogP contribution is 2.36. The van der Waals surface area contributed by atoms with Gasteiger partial charge in [0, 0.05) is 0 Å². The van der Waals surface area contributed by atoms with Gasteiger partial charge in [-0.3, -0.25) is 24.0 Å². The minimum absolute atomic E-state index is 0.0913. The molecule has 0 unspecified atom stereocenters. The molecule has 0 heterocycles. The molecule has 0 bridgehead atoms. The van der Waals surface area contributed by atoms with Gasteiger partial charge in [0.2, 0.25) is 33.7 Å². The van der Waals surface area contributed by atoms with Gasteiger partial charge in [0.15, 0.2) is 0 Å². The van der Waals surface area contributed by atoms with E-state index < -0.39 is 91.9 Å². The van der Waals surface area contributed by atoms with Crippen molar-refractivity contribution in [3.63, 3.8) is 0 Å². The van der Waals surface area contributed by atoms with Crippen LogP contribution >= 0.6 is 23.4 Å². The number of hydrogen-bond donors (Lipinski definition) is 6. The molecule has 0 saturated heterocycles. The molecule has 0 saturated carbocycles. The van der Waals surface area contributed by atoms with Crippen molar-refractivity contribution < 1.29 is 50.7 Å². The number of amides is 4. The molecule has 0 aliphatic rings. The first-order valence-corrected chi connectivity index (χ1v) is 16.2. The lowest BCUT2D eigenvalue weighted by molar-refractivity contribution is -0.141. The van der Waals surface area contributed by atoms with Crippen molar-refractivity contribution in [2.24, 2.45) is 11.7 Å². The summed E-state index contributed by atoms with van der Waals surface area (Å²) in [5, 5.41) is 15.8. The van der Waals surface area contributed by atoms with Crippen LogP contribution in [0.25, 0.3) is 0 Å². The number of alkyl halides is 3. The molecule has 0 radical (unpaired) electrons. The second-order valence-electron chi connectivity index (χ2n) is 10.1. The second kappa shape index (κ2) is 16.8. The van der Waals surface area contributed by atoms with Crippen molar-refractivity contribution in [3.05, 3.63) is 28.8 Å². The van der Waals surface area contributed by atoms with Crippen molar-refractivity contribution in [1.82, 2.24) is 20.7 Å². The van der Waals surface area contributed by atoms with Crippen LogP contribution in [0.2, 0.25) is 5.02 Å². The van der Waals surface area contributed by atoms with E-state index >= 15 is 0 Å². The molecule has 0 aliphatic carbocycles. The number of hydrogen-bond acceptors (Lipinski definition) is 8. The molecule has 0 aliphatic heterocycles. The third-order valence-corrected chi connectivity index (χ3v) is 8.36. The van der Waals surface area contributed by atoms with Crippen LogP contribution in [-0.2, 0) is 40.2 Å². The monoisotopic (exact) mass is 689 g/mol. The summed E-state index contributed by atoms with van der Waals surface area (Å²) in [7, 11) is -4.88. The van der Waals surface area contributed by atoms with Crippen LogP contribution in [0.5, 0.6) is 0 Å². The van der Waals surface area contributed by atoms with E-state index in [4.69, 9.17) is 17.3 Å². The number of carbonyl (C=O) groups is 5. The summed E-state index contributed by atoms with van der Waals surface area (Å²) in [5.74, 6) is -4.80. The van der Waals surface area contributed by atoms with E-state index in [9.17, 15) is 50.7 Å². The SMILES string of the molecule is CSCC[C@H](NC(=O)[C@H](CC(C)C)NC(=O)[C@H](C)NC(=O)C[C@H](NS(=O)(=O)c1ccc(Cl)c(C(F)(F)F)c1)C(=O)O)C(N)=O. The van der Waals surface area contributed by atoms with Crippen LogP contribution in [0.1, 0.15) is 45.6 Å². The van der Waals surface area contributed by atoms with E-state index in [1.807, 2.05) is 0 Å². The molecule has 44 heavy (non-hydrogen) atoms. The first kappa shape index (κ1) is 38.9. The number of carbonyl (C=O) groups excluding carboxylic acids is 4. The quantitative estimate of drug-likeness (QED) is 0.139. The van der Waals surface area contributed by atoms with Crippen molar-refractivity contribution in [2.45, 2.75) is 75.3 Å². The van der Waals surface area contributed by atoms with E-state index in [-0.39, 0.29) is 24.8 Å². The molecule has 4 amide bonds. The number of benzene rings is 1. The fourth-order valence-electron chi connectivity index (χ4n) is 3.67. The number of nitrogens with two attached hydrogens (primary N) is 1. The predicted octanol–water partition coefficient (Wildman–Crippen LogP) is 1.24. The number of carboxylic acids is 1. The largest absolute Gasteiger partial charge is 0.480 e. The van der Waals surface area contributed by atoms with Crippen molar-refractivity contribution in [2.75, 3.05) is 12.0 Å². The molecular weight excluding hydrogens is 655 g/mol. The molecule has 19 heteroatoms. The number of halogens is 4. The Hall–Kier alpha value is -3.09. The predicted molar refractivity (Wildman–Crippen MR) is 156 cm³/mol. The molecule has 1 rings (SSSR count). The minimum Gasteiger partial charge on any atom is -0.480 e. The minimum atomic E-state index is -5.00. The van der Waals surface area contributed by atoms with Gasteiger partial charge in [0.25, 0.3) is 0 Å². The maximum Gasteiger partial charge on any atom is 0.417 e. The summed E-state index contributed by atoms with van der Waals surface area (Å²) in [6.45, 7) is 4.77. The maximum atomic E-state index is 13.2. The normalized spacial score (nSPS) is 14.7. The summed E-state index contributed by atoms with van der Waals surface area (Å²) in [6, 6.07) is -3.97. The Morgan fingerprint density at radius 2 is 1.59 bits per heavy atom. The molecular formula is C25H35ClF3N5O8S2. The number of primary amides is 1. The molecule has 0 spiro atoms. The molecule has 7 N–H and O–H groups in total. The number of carboxylic acid groups (broad SMARTS) is 1. The third kappa shape index (κ3) is 12.5. The number of nitrogens with one attached hydrogen (secondary N) is 4. The lowest BCUT2D eigenvalue weighted by Gasteiger charge is -2.25. The number of rotatable bonds is 17. The Morgan fingerprint density at radius 3 is 2.09 bits per heavy atom. The summed E-state index contributed by atoms with van der Waals surface area (Å²) in [4.78, 5) is 60.7. The molecule has 13 nitrogen and oxygen atoms in total. The first-order chi connectivity index (χ1) is 20.2.